The topological polar surface area (TPSA) is 83.4 Å². The van der Waals surface area contributed by atoms with Crippen LogP contribution >= 0.6 is 0 Å². The van der Waals surface area contributed by atoms with Crippen molar-refractivity contribution in [1.29, 1.82) is 0 Å². The summed E-state index contributed by atoms with van der Waals surface area (Å²) >= 11 is 0. The van der Waals surface area contributed by atoms with Crippen molar-refractivity contribution in [2.24, 2.45) is 5.73 Å². The standard InChI is InChI=1S/C12H15N3O3/c1-3-17-9-5-4-8(6-10(9)16-2)12-14-11(7-13)18-15-12/h4-6H,3,7,13H2,1-2H3. The molecule has 0 aliphatic rings. The summed E-state index contributed by atoms with van der Waals surface area (Å²) in [5.74, 6) is 2.20. The Kier molecular flexibility index (Phi) is 3.78. The Balaban J connectivity index is 2.34. The van der Waals surface area contributed by atoms with E-state index in [9.17, 15) is 0 Å². The molecule has 96 valence electrons. The highest BCUT2D eigenvalue weighted by Gasteiger charge is 2.11. The molecule has 2 N–H and O–H groups in total. The molecule has 0 unspecified atom stereocenters. The smallest absolute Gasteiger partial charge is 0.240 e. The highest BCUT2D eigenvalue weighted by atomic mass is 16.5. The minimum Gasteiger partial charge on any atom is -0.493 e. The summed E-state index contributed by atoms with van der Waals surface area (Å²) in [6.45, 7) is 2.72. The van der Waals surface area contributed by atoms with E-state index in [4.69, 9.17) is 19.7 Å². The number of hydrogen-bond donors (Lipinski definition) is 1. The second-order valence-corrected chi connectivity index (χ2v) is 3.51. The van der Waals surface area contributed by atoms with Crippen molar-refractivity contribution < 1.29 is 14.0 Å². The van der Waals surface area contributed by atoms with Crippen molar-refractivity contribution in [3.63, 3.8) is 0 Å². The quantitative estimate of drug-likeness (QED) is 0.866. The third-order valence-electron chi connectivity index (χ3n) is 2.36. The van der Waals surface area contributed by atoms with Gasteiger partial charge in [-0.15, -0.1) is 0 Å². The van der Waals surface area contributed by atoms with Gasteiger partial charge >= 0.3 is 0 Å². The normalized spacial score (nSPS) is 10.4. The molecule has 0 aliphatic carbocycles. The molecule has 0 fully saturated rings. The molecule has 0 amide bonds. The molecule has 18 heavy (non-hydrogen) atoms. The Labute approximate surface area is 105 Å². The third kappa shape index (κ3) is 2.43. The number of nitrogens with zero attached hydrogens (tertiary/aromatic N) is 2. The van der Waals surface area contributed by atoms with Crippen LogP contribution < -0.4 is 15.2 Å². The molecule has 1 aromatic carbocycles. The number of benzene rings is 1. The molecule has 0 atom stereocenters. The van der Waals surface area contributed by atoms with E-state index in [0.29, 0.717) is 29.8 Å². The fourth-order valence-corrected chi connectivity index (χ4v) is 1.54. The SMILES string of the molecule is CCOc1ccc(-c2noc(CN)n2)cc1OC. The molecule has 1 aromatic heterocycles. The summed E-state index contributed by atoms with van der Waals surface area (Å²) in [5, 5.41) is 3.85. The fourth-order valence-electron chi connectivity index (χ4n) is 1.54. The molecule has 6 nitrogen and oxygen atoms in total. The number of rotatable bonds is 5. The van der Waals surface area contributed by atoms with Crippen LogP contribution in [0, 0.1) is 0 Å². The molecular formula is C12H15N3O3. The summed E-state index contributed by atoms with van der Waals surface area (Å²) in [5.41, 5.74) is 6.21. The van der Waals surface area contributed by atoms with Gasteiger partial charge < -0.3 is 19.7 Å². The number of ether oxygens (including phenoxy) is 2. The van der Waals surface area contributed by atoms with E-state index in [2.05, 4.69) is 10.1 Å². The van der Waals surface area contributed by atoms with E-state index >= 15 is 0 Å². The lowest BCUT2D eigenvalue weighted by atomic mass is 10.2. The van der Waals surface area contributed by atoms with Gasteiger partial charge in [0.25, 0.3) is 0 Å². The van der Waals surface area contributed by atoms with Crippen molar-refractivity contribution in [2.45, 2.75) is 13.5 Å². The van der Waals surface area contributed by atoms with Gasteiger partial charge in [0.1, 0.15) is 0 Å². The first-order valence-electron chi connectivity index (χ1n) is 5.62. The van der Waals surface area contributed by atoms with Gasteiger partial charge in [-0.2, -0.15) is 4.98 Å². The maximum atomic E-state index is 5.44. The molecule has 0 saturated heterocycles. The van der Waals surface area contributed by atoms with Gasteiger partial charge in [-0.1, -0.05) is 5.16 Å². The Hall–Kier alpha value is -2.08. The Morgan fingerprint density at radius 2 is 2.17 bits per heavy atom. The maximum Gasteiger partial charge on any atom is 0.240 e. The average molecular weight is 249 g/mol. The lowest BCUT2D eigenvalue weighted by Gasteiger charge is -2.09. The van der Waals surface area contributed by atoms with Crippen LogP contribution in [0.5, 0.6) is 11.5 Å². The van der Waals surface area contributed by atoms with Crippen LogP contribution in [0.4, 0.5) is 0 Å². The second-order valence-electron chi connectivity index (χ2n) is 3.51. The monoisotopic (exact) mass is 249 g/mol. The minimum absolute atomic E-state index is 0.223. The average Bonchev–Trinajstić information content (AvgIpc) is 2.88. The summed E-state index contributed by atoms with van der Waals surface area (Å²) in [4.78, 5) is 4.15. The molecule has 2 aromatic rings. The molecule has 2 rings (SSSR count). The molecule has 0 aliphatic heterocycles. The van der Waals surface area contributed by atoms with Crippen LogP contribution in [0.2, 0.25) is 0 Å². The first-order valence-corrected chi connectivity index (χ1v) is 5.62. The molecule has 6 heteroatoms. The van der Waals surface area contributed by atoms with Crippen molar-refractivity contribution in [1.82, 2.24) is 10.1 Å². The van der Waals surface area contributed by atoms with E-state index in [1.54, 1.807) is 13.2 Å². The third-order valence-corrected chi connectivity index (χ3v) is 2.36. The molecule has 0 spiro atoms. The number of hydrogen-bond acceptors (Lipinski definition) is 6. The van der Waals surface area contributed by atoms with Gasteiger partial charge in [0.05, 0.1) is 20.3 Å². The van der Waals surface area contributed by atoms with Gasteiger partial charge in [-0.05, 0) is 25.1 Å². The van der Waals surface area contributed by atoms with Gasteiger partial charge in [-0.25, -0.2) is 0 Å². The van der Waals surface area contributed by atoms with E-state index in [1.165, 1.54) is 0 Å². The first kappa shape index (κ1) is 12.4. The van der Waals surface area contributed by atoms with Crippen LogP contribution in [0.25, 0.3) is 11.4 Å². The number of nitrogens with two attached hydrogens (primary N) is 1. The molecule has 0 radical (unpaired) electrons. The van der Waals surface area contributed by atoms with Crippen LogP contribution in [0.1, 0.15) is 12.8 Å². The predicted octanol–water partition coefficient (Wildman–Crippen LogP) is 1.60. The molecular weight excluding hydrogens is 234 g/mol. The zero-order chi connectivity index (χ0) is 13.0. The zero-order valence-electron chi connectivity index (χ0n) is 10.3. The lowest BCUT2D eigenvalue weighted by Crippen LogP contribution is -1.96. The molecule has 0 saturated carbocycles. The largest absolute Gasteiger partial charge is 0.493 e. The summed E-state index contributed by atoms with van der Waals surface area (Å²) in [6, 6.07) is 5.46. The first-order chi connectivity index (χ1) is 8.78. The lowest BCUT2D eigenvalue weighted by molar-refractivity contribution is 0.311. The van der Waals surface area contributed by atoms with E-state index < -0.39 is 0 Å². The number of methoxy groups -OCH3 is 1. The fraction of sp³-hybridized carbons (Fsp3) is 0.333. The predicted molar refractivity (Wildman–Crippen MR) is 65.3 cm³/mol. The van der Waals surface area contributed by atoms with Crippen molar-refractivity contribution >= 4 is 0 Å². The Bertz CT molecular complexity index is 525. The van der Waals surface area contributed by atoms with Gasteiger partial charge in [0.2, 0.25) is 11.7 Å². The highest BCUT2D eigenvalue weighted by molar-refractivity contribution is 5.60. The Morgan fingerprint density at radius 3 is 2.78 bits per heavy atom. The highest BCUT2D eigenvalue weighted by Crippen LogP contribution is 2.31. The van der Waals surface area contributed by atoms with E-state index in [-0.39, 0.29) is 6.54 Å². The second kappa shape index (κ2) is 5.50. The maximum absolute atomic E-state index is 5.44. The van der Waals surface area contributed by atoms with E-state index in [1.807, 2.05) is 19.1 Å². The van der Waals surface area contributed by atoms with Crippen LogP contribution in [-0.4, -0.2) is 23.9 Å². The summed E-state index contributed by atoms with van der Waals surface area (Å²) < 4.78 is 15.7. The zero-order valence-corrected chi connectivity index (χ0v) is 10.3. The van der Waals surface area contributed by atoms with Crippen molar-refractivity contribution in [3.8, 4) is 22.9 Å². The van der Waals surface area contributed by atoms with Crippen LogP contribution in [0.3, 0.4) is 0 Å². The van der Waals surface area contributed by atoms with Gasteiger partial charge in [0.15, 0.2) is 11.5 Å². The number of aromatic nitrogens is 2. The van der Waals surface area contributed by atoms with Crippen LogP contribution in [-0.2, 0) is 6.54 Å². The van der Waals surface area contributed by atoms with Gasteiger partial charge in [-0.3, -0.25) is 0 Å². The summed E-state index contributed by atoms with van der Waals surface area (Å²) in [7, 11) is 1.59. The summed E-state index contributed by atoms with van der Waals surface area (Å²) in [6.07, 6.45) is 0. The Morgan fingerprint density at radius 1 is 1.33 bits per heavy atom. The molecule has 0 bridgehead atoms. The molecule has 1 heterocycles. The van der Waals surface area contributed by atoms with Crippen molar-refractivity contribution in [2.75, 3.05) is 13.7 Å². The van der Waals surface area contributed by atoms with Gasteiger partial charge in [0, 0.05) is 5.56 Å². The minimum atomic E-state index is 0.223. The van der Waals surface area contributed by atoms with Crippen LogP contribution in [0.15, 0.2) is 22.7 Å². The van der Waals surface area contributed by atoms with Crippen molar-refractivity contribution in [3.05, 3.63) is 24.1 Å². The van der Waals surface area contributed by atoms with E-state index in [0.717, 1.165) is 5.56 Å².